The average molecular weight is 214 g/mol. The molecule has 88 valence electrons. The highest BCUT2D eigenvalue weighted by molar-refractivity contribution is 5.79. The summed E-state index contributed by atoms with van der Waals surface area (Å²) in [6, 6.07) is -0.0663. The Bertz CT molecular complexity index is 204. The van der Waals surface area contributed by atoms with E-state index < -0.39 is 11.9 Å². The van der Waals surface area contributed by atoms with Gasteiger partial charge in [0.1, 0.15) is 0 Å². The molecule has 5 nitrogen and oxygen atoms in total. The molecule has 2 atom stereocenters. The maximum absolute atomic E-state index is 10.7. The molecule has 0 bridgehead atoms. The molecule has 1 amide bonds. The second-order valence-corrected chi connectivity index (χ2v) is 4.26. The van der Waals surface area contributed by atoms with Crippen molar-refractivity contribution in [2.75, 3.05) is 26.2 Å². The first-order chi connectivity index (χ1) is 7.11. The Morgan fingerprint density at radius 2 is 2.00 bits per heavy atom. The van der Waals surface area contributed by atoms with E-state index in [1.54, 1.807) is 0 Å². The Hall–Kier alpha value is -0.650. The number of carbonyl (C=O) groups is 1. The van der Waals surface area contributed by atoms with E-state index in [1.165, 1.54) is 25.9 Å². The molecule has 1 heterocycles. The molecular formula is C10H22N4O. The van der Waals surface area contributed by atoms with Gasteiger partial charge in [0.05, 0.1) is 6.04 Å². The van der Waals surface area contributed by atoms with Crippen molar-refractivity contribution < 1.29 is 4.79 Å². The SMILES string of the molecule is CC(CNCC(N)C(N)=O)N1CCCC1. The van der Waals surface area contributed by atoms with Gasteiger partial charge in [0.15, 0.2) is 0 Å². The van der Waals surface area contributed by atoms with Crippen molar-refractivity contribution in [2.24, 2.45) is 11.5 Å². The minimum Gasteiger partial charge on any atom is -0.368 e. The molecule has 5 N–H and O–H groups in total. The molecule has 1 fully saturated rings. The fourth-order valence-corrected chi connectivity index (χ4v) is 1.86. The van der Waals surface area contributed by atoms with E-state index in [9.17, 15) is 4.79 Å². The van der Waals surface area contributed by atoms with Gasteiger partial charge in [0.2, 0.25) is 5.91 Å². The largest absolute Gasteiger partial charge is 0.368 e. The normalized spacial score (nSPS) is 21.5. The van der Waals surface area contributed by atoms with Crippen LogP contribution in [0.1, 0.15) is 19.8 Å². The van der Waals surface area contributed by atoms with E-state index in [2.05, 4.69) is 17.1 Å². The molecule has 1 rings (SSSR count). The van der Waals surface area contributed by atoms with Crippen LogP contribution >= 0.6 is 0 Å². The van der Waals surface area contributed by atoms with Crippen LogP contribution in [0.4, 0.5) is 0 Å². The molecule has 1 aliphatic heterocycles. The number of nitrogens with one attached hydrogen (secondary N) is 1. The summed E-state index contributed by atoms with van der Waals surface area (Å²) in [6.07, 6.45) is 2.59. The standard InChI is InChI=1S/C10H22N4O/c1-8(14-4-2-3-5-14)6-13-7-9(11)10(12)15/h8-9,13H,2-7,11H2,1H3,(H2,12,15). The van der Waals surface area contributed by atoms with Crippen molar-refractivity contribution in [3.05, 3.63) is 0 Å². The smallest absolute Gasteiger partial charge is 0.235 e. The highest BCUT2D eigenvalue weighted by atomic mass is 16.1. The lowest BCUT2D eigenvalue weighted by Gasteiger charge is -2.24. The Morgan fingerprint density at radius 3 is 2.53 bits per heavy atom. The minimum absolute atomic E-state index is 0.448. The quantitative estimate of drug-likeness (QED) is 0.522. The number of rotatable bonds is 6. The molecule has 15 heavy (non-hydrogen) atoms. The summed E-state index contributed by atoms with van der Waals surface area (Å²) >= 11 is 0. The Kier molecular flexibility index (Phi) is 5.01. The third kappa shape index (κ3) is 4.15. The van der Waals surface area contributed by atoms with Crippen molar-refractivity contribution in [2.45, 2.75) is 31.8 Å². The lowest BCUT2D eigenvalue weighted by Crippen LogP contribution is -2.47. The summed E-state index contributed by atoms with van der Waals surface area (Å²) in [6.45, 7) is 5.89. The van der Waals surface area contributed by atoms with Gasteiger partial charge in [0.25, 0.3) is 0 Å². The average Bonchev–Trinajstić information content (AvgIpc) is 2.70. The van der Waals surface area contributed by atoms with Crippen LogP contribution in [-0.2, 0) is 4.79 Å². The van der Waals surface area contributed by atoms with Crippen LogP contribution < -0.4 is 16.8 Å². The summed E-state index contributed by atoms with van der Waals surface area (Å²) in [5.74, 6) is -0.448. The molecule has 0 saturated carbocycles. The van der Waals surface area contributed by atoms with Crippen molar-refractivity contribution in [3.63, 3.8) is 0 Å². The minimum atomic E-state index is -0.573. The summed E-state index contributed by atoms with van der Waals surface area (Å²) in [5, 5.41) is 3.18. The maximum atomic E-state index is 10.7. The highest BCUT2D eigenvalue weighted by Crippen LogP contribution is 2.10. The zero-order valence-corrected chi connectivity index (χ0v) is 9.41. The van der Waals surface area contributed by atoms with Crippen molar-refractivity contribution in [3.8, 4) is 0 Å². The molecule has 1 saturated heterocycles. The number of carbonyl (C=O) groups excluding carboxylic acids is 1. The van der Waals surface area contributed by atoms with Crippen molar-refractivity contribution in [1.82, 2.24) is 10.2 Å². The van der Waals surface area contributed by atoms with Crippen LogP contribution in [0, 0.1) is 0 Å². The predicted octanol–water partition coefficient (Wildman–Crippen LogP) is -1.13. The van der Waals surface area contributed by atoms with Crippen molar-refractivity contribution >= 4 is 5.91 Å². The highest BCUT2D eigenvalue weighted by Gasteiger charge is 2.17. The molecule has 2 unspecified atom stereocenters. The van der Waals surface area contributed by atoms with Crippen LogP contribution in [0.3, 0.4) is 0 Å². The van der Waals surface area contributed by atoms with Crippen molar-refractivity contribution in [1.29, 1.82) is 0 Å². The van der Waals surface area contributed by atoms with E-state index in [-0.39, 0.29) is 0 Å². The second kappa shape index (κ2) is 6.05. The molecule has 0 spiro atoms. The Balaban J connectivity index is 2.11. The number of nitrogens with zero attached hydrogens (tertiary/aromatic N) is 1. The Labute approximate surface area is 91.2 Å². The second-order valence-electron chi connectivity index (χ2n) is 4.26. The van der Waals surface area contributed by atoms with E-state index in [1.807, 2.05) is 0 Å². The summed E-state index contributed by atoms with van der Waals surface area (Å²) in [7, 11) is 0. The summed E-state index contributed by atoms with van der Waals surface area (Å²) in [4.78, 5) is 13.1. The number of primary amides is 1. The number of hydrogen-bond acceptors (Lipinski definition) is 4. The van der Waals surface area contributed by atoms with Gasteiger partial charge >= 0.3 is 0 Å². The first-order valence-corrected chi connectivity index (χ1v) is 5.61. The lowest BCUT2D eigenvalue weighted by atomic mass is 10.2. The summed E-state index contributed by atoms with van der Waals surface area (Å²) in [5.41, 5.74) is 10.6. The fraction of sp³-hybridized carbons (Fsp3) is 0.900. The first-order valence-electron chi connectivity index (χ1n) is 5.61. The predicted molar refractivity (Wildman–Crippen MR) is 60.3 cm³/mol. The number of nitrogens with two attached hydrogens (primary N) is 2. The molecule has 0 aromatic rings. The van der Waals surface area contributed by atoms with Crippen LogP contribution in [0.5, 0.6) is 0 Å². The van der Waals surface area contributed by atoms with Crippen LogP contribution in [0.25, 0.3) is 0 Å². The number of hydrogen-bond donors (Lipinski definition) is 3. The van der Waals surface area contributed by atoms with E-state index in [4.69, 9.17) is 11.5 Å². The first kappa shape index (κ1) is 12.4. The molecule has 0 aromatic carbocycles. The number of amides is 1. The van der Waals surface area contributed by atoms with Gasteiger partial charge in [-0.3, -0.25) is 9.69 Å². The van der Waals surface area contributed by atoms with Crippen LogP contribution in [-0.4, -0.2) is 49.1 Å². The van der Waals surface area contributed by atoms with Gasteiger partial charge < -0.3 is 16.8 Å². The zero-order valence-electron chi connectivity index (χ0n) is 9.41. The topological polar surface area (TPSA) is 84.4 Å². The fourth-order valence-electron chi connectivity index (χ4n) is 1.86. The van der Waals surface area contributed by atoms with Gasteiger partial charge in [-0.25, -0.2) is 0 Å². The Morgan fingerprint density at radius 1 is 1.40 bits per heavy atom. The monoisotopic (exact) mass is 214 g/mol. The molecule has 5 heteroatoms. The third-order valence-corrected chi connectivity index (χ3v) is 2.93. The molecule has 0 aromatic heterocycles. The molecular weight excluding hydrogens is 192 g/mol. The molecule has 1 aliphatic rings. The van der Waals surface area contributed by atoms with E-state index in [0.717, 1.165) is 6.54 Å². The molecule has 0 aliphatic carbocycles. The maximum Gasteiger partial charge on any atom is 0.235 e. The molecule has 0 radical (unpaired) electrons. The zero-order chi connectivity index (χ0) is 11.3. The van der Waals surface area contributed by atoms with E-state index >= 15 is 0 Å². The third-order valence-electron chi connectivity index (χ3n) is 2.93. The van der Waals surface area contributed by atoms with Crippen LogP contribution in [0.2, 0.25) is 0 Å². The van der Waals surface area contributed by atoms with E-state index in [0.29, 0.717) is 12.6 Å². The van der Waals surface area contributed by atoms with Gasteiger partial charge in [-0.1, -0.05) is 0 Å². The van der Waals surface area contributed by atoms with Crippen LogP contribution in [0.15, 0.2) is 0 Å². The number of likely N-dealkylation sites (tertiary alicyclic amines) is 1. The lowest BCUT2D eigenvalue weighted by molar-refractivity contribution is -0.119. The van der Waals surface area contributed by atoms with Gasteiger partial charge in [-0.2, -0.15) is 0 Å². The summed E-state index contributed by atoms with van der Waals surface area (Å²) < 4.78 is 0. The van der Waals surface area contributed by atoms with Gasteiger partial charge in [-0.15, -0.1) is 0 Å². The van der Waals surface area contributed by atoms with Gasteiger partial charge in [0, 0.05) is 19.1 Å². The van der Waals surface area contributed by atoms with Gasteiger partial charge in [-0.05, 0) is 32.9 Å².